The number of halogens is 1. The van der Waals surface area contributed by atoms with E-state index in [2.05, 4.69) is 55.1 Å². The van der Waals surface area contributed by atoms with E-state index in [-0.39, 0.29) is 11.2 Å². The molecule has 0 fully saturated rings. The summed E-state index contributed by atoms with van der Waals surface area (Å²) >= 11 is 6.17. The first-order valence-corrected chi connectivity index (χ1v) is 10.2. The van der Waals surface area contributed by atoms with Gasteiger partial charge in [0.05, 0.1) is 5.69 Å². The second-order valence-corrected chi connectivity index (χ2v) is 8.32. The monoisotopic (exact) mass is 414 g/mol. The van der Waals surface area contributed by atoms with Crippen molar-refractivity contribution < 1.29 is 4.79 Å². The zero-order valence-corrected chi connectivity index (χ0v) is 18.0. The van der Waals surface area contributed by atoms with Gasteiger partial charge in [-0.3, -0.25) is 9.79 Å². The van der Waals surface area contributed by atoms with Crippen LogP contribution < -0.4 is 4.90 Å². The van der Waals surface area contributed by atoms with Crippen LogP contribution in [0.2, 0.25) is 5.02 Å². The van der Waals surface area contributed by atoms with Gasteiger partial charge in [0.2, 0.25) is 0 Å². The van der Waals surface area contributed by atoms with Crippen molar-refractivity contribution >= 4 is 35.0 Å². The van der Waals surface area contributed by atoms with Gasteiger partial charge in [-0.1, -0.05) is 74.0 Å². The molecule has 1 heterocycles. The molecular formula is C26H23ClN2O. The Morgan fingerprint density at radius 1 is 1.00 bits per heavy atom. The first-order chi connectivity index (χ1) is 14.4. The van der Waals surface area contributed by atoms with Gasteiger partial charge >= 0.3 is 0 Å². The molecule has 3 aromatic rings. The summed E-state index contributed by atoms with van der Waals surface area (Å²) in [5, 5.41) is 0.513. The van der Waals surface area contributed by atoms with Crippen LogP contribution in [0.5, 0.6) is 0 Å². The average Bonchev–Trinajstić information content (AvgIpc) is 2.95. The molecule has 3 aromatic carbocycles. The number of benzene rings is 3. The molecule has 0 aromatic heterocycles. The van der Waals surface area contributed by atoms with Crippen LogP contribution in [-0.2, 0) is 5.41 Å². The summed E-state index contributed by atoms with van der Waals surface area (Å²) < 4.78 is 0. The van der Waals surface area contributed by atoms with Crippen molar-refractivity contribution in [2.75, 3.05) is 11.9 Å². The number of aliphatic imine (C=N–C) groups is 1. The van der Waals surface area contributed by atoms with Crippen molar-refractivity contribution in [3.8, 4) is 0 Å². The van der Waals surface area contributed by atoms with Crippen LogP contribution in [-0.4, -0.2) is 19.0 Å². The minimum Gasteiger partial charge on any atom is -0.347 e. The van der Waals surface area contributed by atoms with Crippen molar-refractivity contribution in [2.45, 2.75) is 19.3 Å². The molecular weight excluding hydrogens is 392 g/mol. The number of anilines is 1. The number of para-hydroxylation sites is 1. The summed E-state index contributed by atoms with van der Waals surface area (Å²) in [5.74, 6) is -0.0939. The molecule has 0 aliphatic carbocycles. The van der Waals surface area contributed by atoms with Crippen LogP contribution in [0.1, 0.15) is 35.3 Å². The third-order valence-corrected chi connectivity index (χ3v) is 5.86. The van der Waals surface area contributed by atoms with Gasteiger partial charge in [0.15, 0.2) is 5.78 Å². The Balaban J connectivity index is 1.68. The van der Waals surface area contributed by atoms with Gasteiger partial charge in [-0.15, -0.1) is 0 Å². The molecule has 150 valence electrons. The number of likely N-dealkylation sites (N-methyl/N-ethyl adjacent to an activating group) is 1. The molecule has 30 heavy (non-hydrogen) atoms. The van der Waals surface area contributed by atoms with E-state index in [0.717, 1.165) is 5.70 Å². The van der Waals surface area contributed by atoms with E-state index in [0.29, 0.717) is 21.8 Å². The molecule has 4 heteroatoms. The van der Waals surface area contributed by atoms with Crippen molar-refractivity contribution in [2.24, 2.45) is 4.99 Å². The van der Waals surface area contributed by atoms with E-state index in [4.69, 9.17) is 11.6 Å². The number of carbonyl (C=O) groups excluding carboxylic acids is 1. The van der Waals surface area contributed by atoms with Gasteiger partial charge in [0.1, 0.15) is 0 Å². The topological polar surface area (TPSA) is 32.7 Å². The van der Waals surface area contributed by atoms with Gasteiger partial charge in [0, 0.05) is 46.2 Å². The number of carbonyl (C=O) groups is 1. The highest BCUT2D eigenvalue weighted by Crippen LogP contribution is 2.46. The molecule has 0 atom stereocenters. The maximum absolute atomic E-state index is 13.0. The molecule has 0 radical (unpaired) electrons. The second-order valence-electron chi connectivity index (χ2n) is 7.89. The summed E-state index contributed by atoms with van der Waals surface area (Å²) in [5.41, 5.74) is 5.22. The Bertz CT molecular complexity index is 1160. The SMILES string of the molecule is CN1C(=CC=Nc2ccc(Cl)cc2C(=O)c2ccccc2)C(C)(C)c2ccccc21. The van der Waals surface area contributed by atoms with Crippen molar-refractivity contribution in [1.82, 2.24) is 0 Å². The second kappa shape index (κ2) is 7.92. The molecule has 0 spiro atoms. The van der Waals surface area contributed by atoms with Crippen molar-refractivity contribution in [3.63, 3.8) is 0 Å². The predicted molar refractivity (Wildman–Crippen MR) is 125 cm³/mol. The maximum Gasteiger partial charge on any atom is 0.195 e. The number of rotatable bonds is 4. The van der Waals surface area contributed by atoms with Crippen LogP contribution in [0, 0.1) is 0 Å². The molecule has 1 aliphatic heterocycles. The maximum atomic E-state index is 13.0. The number of allylic oxidation sites excluding steroid dienone is 2. The van der Waals surface area contributed by atoms with Gasteiger partial charge in [-0.2, -0.15) is 0 Å². The first-order valence-electron chi connectivity index (χ1n) is 9.87. The van der Waals surface area contributed by atoms with Crippen LogP contribution in [0.4, 0.5) is 11.4 Å². The van der Waals surface area contributed by atoms with Gasteiger partial charge in [0.25, 0.3) is 0 Å². The number of hydrogen-bond acceptors (Lipinski definition) is 3. The van der Waals surface area contributed by atoms with Gasteiger partial charge < -0.3 is 4.90 Å². The van der Waals surface area contributed by atoms with Crippen LogP contribution in [0.25, 0.3) is 0 Å². The molecule has 3 nitrogen and oxygen atoms in total. The van der Waals surface area contributed by atoms with Gasteiger partial charge in [-0.05, 0) is 35.9 Å². The third-order valence-electron chi connectivity index (χ3n) is 5.63. The molecule has 0 bridgehead atoms. The fraction of sp³-hybridized carbons (Fsp3) is 0.154. The summed E-state index contributed by atoms with van der Waals surface area (Å²) in [6, 6.07) is 22.8. The highest BCUT2D eigenvalue weighted by molar-refractivity contribution is 6.31. The summed E-state index contributed by atoms with van der Waals surface area (Å²) in [7, 11) is 2.07. The van der Waals surface area contributed by atoms with E-state index < -0.39 is 0 Å². The third kappa shape index (κ3) is 3.57. The van der Waals surface area contributed by atoms with E-state index in [1.807, 2.05) is 24.3 Å². The van der Waals surface area contributed by atoms with Crippen LogP contribution >= 0.6 is 11.6 Å². The largest absolute Gasteiger partial charge is 0.347 e. The van der Waals surface area contributed by atoms with E-state index >= 15 is 0 Å². The number of fused-ring (bicyclic) bond motifs is 1. The average molecular weight is 415 g/mol. The number of ketones is 1. The zero-order chi connectivity index (χ0) is 21.3. The van der Waals surface area contributed by atoms with Crippen molar-refractivity contribution in [1.29, 1.82) is 0 Å². The lowest BCUT2D eigenvalue weighted by Crippen LogP contribution is -2.23. The molecule has 0 unspecified atom stereocenters. The summed E-state index contributed by atoms with van der Waals surface area (Å²) in [4.78, 5) is 19.8. The van der Waals surface area contributed by atoms with E-state index in [1.54, 1.807) is 36.5 Å². The minimum absolute atomic E-state index is 0.0939. The lowest BCUT2D eigenvalue weighted by molar-refractivity contribution is 0.103. The Labute approximate surface area is 182 Å². The fourth-order valence-electron chi connectivity index (χ4n) is 4.04. The minimum atomic E-state index is -0.125. The summed E-state index contributed by atoms with van der Waals surface area (Å²) in [6.07, 6.45) is 3.79. The molecule has 0 saturated heterocycles. The molecule has 1 aliphatic rings. The zero-order valence-electron chi connectivity index (χ0n) is 17.3. The normalized spacial score (nSPS) is 16.3. The van der Waals surface area contributed by atoms with E-state index in [1.165, 1.54) is 11.3 Å². The van der Waals surface area contributed by atoms with Crippen molar-refractivity contribution in [3.05, 3.63) is 106 Å². The summed E-state index contributed by atoms with van der Waals surface area (Å²) in [6.45, 7) is 4.42. The lowest BCUT2D eigenvalue weighted by atomic mass is 9.84. The lowest BCUT2D eigenvalue weighted by Gasteiger charge is -2.23. The molecule has 0 amide bonds. The molecule has 4 rings (SSSR count). The highest BCUT2D eigenvalue weighted by Gasteiger charge is 2.37. The Hall–Kier alpha value is -3.17. The van der Waals surface area contributed by atoms with E-state index in [9.17, 15) is 4.79 Å². The quantitative estimate of drug-likeness (QED) is 0.356. The number of nitrogens with zero attached hydrogens (tertiary/aromatic N) is 2. The molecule has 0 N–H and O–H groups in total. The first kappa shape index (κ1) is 20.1. The fourth-order valence-corrected chi connectivity index (χ4v) is 4.21. The number of hydrogen-bond donors (Lipinski definition) is 0. The Morgan fingerprint density at radius 2 is 1.70 bits per heavy atom. The predicted octanol–water partition coefficient (Wildman–Crippen LogP) is 6.58. The standard InChI is InChI=1S/C26H23ClN2O/c1-26(2)21-11-7-8-12-23(21)29(3)24(26)15-16-28-22-14-13-19(27)17-20(22)25(30)18-9-5-4-6-10-18/h4-17H,1-3H3. The smallest absolute Gasteiger partial charge is 0.195 e. The van der Waals surface area contributed by atoms with Gasteiger partial charge in [-0.25, -0.2) is 0 Å². The Kier molecular flexibility index (Phi) is 5.31. The highest BCUT2D eigenvalue weighted by atomic mass is 35.5. The van der Waals surface area contributed by atoms with Crippen LogP contribution in [0.3, 0.4) is 0 Å². The molecule has 0 saturated carbocycles. The van der Waals surface area contributed by atoms with Crippen LogP contribution in [0.15, 0.2) is 89.6 Å². The Morgan fingerprint density at radius 3 is 2.43 bits per heavy atom.